The number of aryl methyl sites for hydroxylation is 1. The summed E-state index contributed by atoms with van der Waals surface area (Å²) in [5.74, 6) is 0.605. The number of nitrogen functional groups attached to an aromatic ring is 1. The second-order valence-electron chi connectivity index (χ2n) is 5.62. The predicted molar refractivity (Wildman–Crippen MR) is 84.2 cm³/mol. The second kappa shape index (κ2) is 6.39. The molecule has 1 amide bonds. The number of rotatable bonds is 4. The molecule has 1 saturated heterocycles. The molecule has 3 rings (SSSR count). The van der Waals surface area contributed by atoms with E-state index in [0.29, 0.717) is 12.2 Å². The van der Waals surface area contributed by atoms with Crippen LogP contribution in [0.1, 0.15) is 17.5 Å². The van der Waals surface area contributed by atoms with Crippen LogP contribution in [-0.2, 0) is 23.1 Å². The number of imidazole rings is 1. The van der Waals surface area contributed by atoms with E-state index in [1.165, 1.54) is 0 Å². The number of benzene rings is 1. The Morgan fingerprint density at radius 1 is 1.39 bits per heavy atom. The van der Waals surface area contributed by atoms with Crippen LogP contribution in [0.5, 0.6) is 0 Å². The van der Waals surface area contributed by atoms with Crippen LogP contribution in [-0.4, -0.2) is 44.7 Å². The third-order valence-electron chi connectivity index (χ3n) is 4.14. The number of hydrogen-bond donors (Lipinski definition) is 2. The highest BCUT2D eigenvalue weighted by atomic mass is 16.5. The largest absolute Gasteiger partial charge is 0.399 e. The van der Waals surface area contributed by atoms with Gasteiger partial charge in [-0.25, -0.2) is 4.98 Å². The Labute approximate surface area is 134 Å². The number of anilines is 1. The van der Waals surface area contributed by atoms with Crippen molar-refractivity contribution in [1.29, 1.82) is 0 Å². The van der Waals surface area contributed by atoms with Crippen LogP contribution in [0.25, 0.3) is 0 Å². The van der Waals surface area contributed by atoms with E-state index in [4.69, 9.17) is 10.5 Å². The maximum absolute atomic E-state index is 12.3. The first-order valence-corrected chi connectivity index (χ1v) is 7.43. The van der Waals surface area contributed by atoms with Gasteiger partial charge in [-0.2, -0.15) is 0 Å². The van der Waals surface area contributed by atoms with Crippen molar-refractivity contribution in [2.24, 2.45) is 7.05 Å². The third-order valence-corrected chi connectivity index (χ3v) is 4.14. The Hall–Kier alpha value is -2.38. The smallest absolute Gasteiger partial charge is 0.249 e. The molecule has 122 valence electrons. The standard InChI is InChI=1S/C16H20N4O3/c1-19-7-6-18-14(19)8-20-13(9-21)16(23-10-15(20)22)11-2-4-12(17)5-3-11/h2-7,13,16,21H,8-10,17H2,1H3/t13-,16-/m1/s1. The fourth-order valence-electron chi connectivity index (χ4n) is 2.81. The maximum Gasteiger partial charge on any atom is 0.249 e. The van der Waals surface area contributed by atoms with Crippen LogP contribution in [0.3, 0.4) is 0 Å². The number of aliphatic hydroxyl groups is 1. The van der Waals surface area contributed by atoms with Gasteiger partial charge in [0.25, 0.3) is 0 Å². The monoisotopic (exact) mass is 316 g/mol. The predicted octanol–water partition coefficient (Wildman–Crippen LogP) is 0.463. The fourth-order valence-corrected chi connectivity index (χ4v) is 2.81. The highest BCUT2D eigenvalue weighted by Crippen LogP contribution is 2.30. The number of hydrogen-bond acceptors (Lipinski definition) is 5. The minimum atomic E-state index is -0.462. The van der Waals surface area contributed by atoms with Gasteiger partial charge in [-0.1, -0.05) is 12.1 Å². The van der Waals surface area contributed by atoms with E-state index >= 15 is 0 Å². The number of amides is 1. The first-order valence-electron chi connectivity index (χ1n) is 7.43. The van der Waals surface area contributed by atoms with Gasteiger partial charge in [-0.05, 0) is 17.7 Å². The number of aliphatic hydroxyl groups excluding tert-OH is 1. The molecular formula is C16H20N4O3. The third kappa shape index (κ3) is 3.06. The van der Waals surface area contributed by atoms with Gasteiger partial charge in [0.2, 0.25) is 5.91 Å². The van der Waals surface area contributed by atoms with Gasteiger partial charge in [0.1, 0.15) is 18.5 Å². The molecule has 0 aliphatic carbocycles. The van der Waals surface area contributed by atoms with Crippen LogP contribution in [0.4, 0.5) is 5.69 Å². The molecule has 1 aromatic heterocycles. The molecule has 0 spiro atoms. The number of carbonyl (C=O) groups excluding carboxylic acids is 1. The molecule has 1 aliphatic rings. The molecule has 0 bridgehead atoms. The van der Waals surface area contributed by atoms with Crippen LogP contribution >= 0.6 is 0 Å². The molecule has 1 aromatic carbocycles. The van der Waals surface area contributed by atoms with Crippen molar-refractivity contribution in [2.45, 2.75) is 18.7 Å². The molecule has 7 heteroatoms. The minimum Gasteiger partial charge on any atom is -0.399 e. The topological polar surface area (TPSA) is 93.6 Å². The lowest BCUT2D eigenvalue weighted by Gasteiger charge is -2.40. The zero-order valence-corrected chi connectivity index (χ0v) is 12.9. The highest BCUT2D eigenvalue weighted by Gasteiger charge is 2.37. The van der Waals surface area contributed by atoms with Gasteiger partial charge >= 0.3 is 0 Å². The Morgan fingerprint density at radius 3 is 2.74 bits per heavy atom. The van der Waals surface area contributed by atoms with Crippen molar-refractivity contribution in [3.63, 3.8) is 0 Å². The molecule has 23 heavy (non-hydrogen) atoms. The summed E-state index contributed by atoms with van der Waals surface area (Å²) in [7, 11) is 1.87. The molecule has 0 unspecified atom stereocenters. The van der Waals surface area contributed by atoms with Crippen molar-refractivity contribution in [1.82, 2.24) is 14.5 Å². The number of nitrogens with two attached hydrogens (primary N) is 1. The quantitative estimate of drug-likeness (QED) is 0.800. The van der Waals surface area contributed by atoms with E-state index in [0.717, 1.165) is 11.4 Å². The van der Waals surface area contributed by atoms with Crippen molar-refractivity contribution >= 4 is 11.6 Å². The van der Waals surface area contributed by atoms with Crippen molar-refractivity contribution in [2.75, 3.05) is 18.9 Å². The lowest BCUT2D eigenvalue weighted by Crippen LogP contribution is -2.52. The molecule has 1 aliphatic heterocycles. The summed E-state index contributed by atoms with van der Waals surface area (Å²) in [6.07, 6.45) is 3.12. The second-order valence-corrected chi connectivity index (χ2v) is 5.62. The Morgan fingerprint density at radius 2 is 2.13 bits per heavy atom. The van der Waals surface area contributed by atoms with Crippen molar-refractivity contribution < 1.29 is 14.6 Å². The lowest BCUT2D eigenvalue weighted by atomic mass is 9.99. The minimum absolute atomic E-state index is 0.0179. The number of morpholine rings is 1. The highest BCUT2D eigenvalue weighted by molar-refractivity contribution is 5.78. The summed E-state index contributed by atoms with van der Waals surface area (Å²) in [4.78, 5) is 18.1. The molecule has 2 atom stereocenters. The number of carbonyl (C=O) groups is 1. The Kier molecular flexibility index (Phi) is 4.31. The summed E-state index contributed by atoms with van der Waals surface area (Å²) in [5.41, 5.74) is 7.26. The van der Waals surface area contributed by atoms with Crippen molar-refractivity contribution in [3.05, 3.63) is 48.0 Å². The maximum atomic E-state index is 12.3. The zero-order valence-electron chi connectivity index (χ0n) is 12.9. The summed E-state index contributed by atoms with van der Waals surface area (Å²) < 4.78 is 7.54. The number of aromatic nitrogens is 2. The summed E-state index contributed by atoms with van der Waals surface area (Å²) in [5, 5.41) is 9.84. The van der Waals surface area contributed by atoms with Gasteiger partial charge < -0.3 is 25.0 Å². The molecule has 7 nitrogen and oxygen atoms in total. The van der Waals surface area contributed by atoms with Crippen LogP contribution < -0.4 is 5.73 Å². The van der Waals surface area contributed by atoms with Gasteiger partial charge in [-0.3, -0.25) is 4.79 Å². The van der Waals surface area contributed by atoms with Crippen LogP contribution in [0.2, 0.25) is 0 Å². The average molecular weight is 316 g/mol. The number of nitrogens with zero attached hydrogens (tertiary/aromatic N) is 3. The van der Waals surface area contributed by atoms with E-state index < -0.39 is 12.1 Å². The van der Waals surface area contributed by atoms with E-state index in [1.807, 2.05) is 29.9 Å². The van der Waals surface area contributed by atoms with Gasteiger partial charge in [0.15, 0.2) is 0 Å². The van der Waals surface area contributed by atoms with E-state index in [2.05, 4.69) is 4.98 Å². The first-order chi connectivity index (χ1) is 11.1. The SMILES string of the molecule is Cn1ccnc1CN1C(=O)CO[C@H](c2ccc(N)cc2)[C@H]1CO. The molecule has 3 N–H and O–H groups in total. The zero-order chi connectivity index (χ0) is 16.4. The fraction of sp³-hybridized carbons (Fsp3) is 0.375. The van der Waals surface area contributed by atoms with E-state index in [1.54, 1.807) is 23.2 Å². The molecule has 0 radical (unpaired) electrons. The Bertz CT molecular complexity index is 683. The van der Waals surface area contributed by atoms with Gasteiger partial charge in [0, 0.05) is 25.1 Å². The van der Waals surface area contributed by atoms with Gasteiger partial charge in [0.05, 0.1) is 19.2 Å². The molecular weight excluding hydrogens is 296 g/mol. The molecule has 0 saturated carbocycles. The molecule has 1 fully saturated rings. The lowest BCUT2D eigenvalue weighted by molar-refractivity contribution is -0.162. The normalized spacial score (nSPS) is 21.7. The Balaban J connectivity index is 1.87. The summed E-state index contributed by atoms with van der Waals surface area (Å²) in [6, 6.07) is 6.82. The van der Waals surface area contributed by atoms with Crippen molar-refractivity contribution in [3.8, 4) is 0 Å². The van der Waals surface area contributed by atoms with E-state index in [9.17, 15) is 9.90 Å². The average Bonchev–Trinajstić information content (AvgIpc) is 2.95. The van der Waals surface area contributed by atoms with E-state index in [-0.39, 0.29) is 19.1 Å². The first kappa shape index (κ1) is 15.5. The van der Waals surface area contributed by atoms with Gasteiger partial charge in [-0.15, -0.1) is 0 Å². The molecule has 2 aromatic rings. The summed E-state index contributed by atoms with van der Waals surface area (Å²) in [6.45, 7) is 0.129. The molecule has 2 heterocycles. The summed E-state index contributed by atoms with van der Waals surface area (Å²) >= 11 is 0. The van der Waals surface area contributed by atoms with Crippen LogP contribution in [0.15, 0.2) is 36.7 Å². The number of ether oxygens (including phenoxy) is 1. The van der Waals surface area contributed by atoms with Crippen LogP contribution in [0, 0.1) is 0 Å².